The van der Waals surface area contributed by atoms with Crippen LogP contribution in [-0.2, 0) is 12.8 Å². The van der Waals surface area contributed by atoms with E-state index in [4.69, 9.17) is 11.6 Å². The van der Waals surface area contributed by atoms with Gasteiger partial charge in [0.15, 0.2) is 0 Å². The van der Waals surface area contributed by atoms with Crippen LogP contribution in [0.4, 0.5) is 0 Å². The molecule has 0 fully saturated rings. The summed E-state index contributed by atoms with van der Waals surface area (Å²) < 4.78 is 0. The average Bonchev–Trinajstić information content (AvgIpc) is 2.44. The van der Waals surface area contributed by atoms with Gasteiger partial charge in [-0.25, -0.2) is 0 Å². The van der Waals surface area contributed by atoms with Crippen molar-refractivity contribution in [2.75, 3.05) is 6.54 Å². The first-order valence-corrected chi connectivity index (χ1v) is 7.58. The third kappa shape index (κ3) is 4.66. The number of rotatable bonds is 6. The van der Waals surface area contributed by atoms with E-state index in [0.29, 0.717) is 6.04 Å². The van der Waals surface area contributed by atoms with Crippen molar-refractivity contribution in [3.05, 3.63) is 70.2 Å². The van der Waals surface area contributed by atoms with Gasteiger partial charge < -0.3 is 5.32 Å². The van der Waals surface area contributed by atoms with Gasteiger partial charge in [0, 0.05) is 11.1 Å². The summed E-state index contributed by atoms with van der Waals surface area (Å²) in [6.45, 7) is 5.27. The van der Waals surface area contributed by atoms with Gasteiger partial charge in [0.2, 0.25) is 0 Å². The molecular formula is C18H22ClN. The van der Waals surface area contributed by atoms with Gasteiger partial charge in [0.1, 0.15) is 0 Å². The first-order valence-electron chi connectivity index (χ1n) is 7.20. The van der Waals surface area contributed by atoms with Crippen molar-refractivity contribution in [3.63, 3.8) is 0 Å². The highest BCUT2D eigenvalue weighted by atomic mass is 35.5. The third-order valence-electron chi connectivity index (χ3n) is 3.49. The number of nitrogens with one attached hydrogen (secondary N) is 1. The molecule has 106 valence electrons. The Morgan fingerprint density at radius 2 is 1.40 bits per heavy atom. The monoisotopic (exact) mass is 287 g/mol. The predicted octanol–water partition coefficient (Wildman–Crippen LogP) is 4.41. The van der Waals surface area contributed by atoms with E-state index in [0.717, 1.165) is 24.4 Å². The smallest absolute Gasteiger partial charge is 0.0406 e. The van der Waals surface area contributed by atoms with Crippen molar-refractivity contribution >= 4 is 11.6 Å². The van der Waals surface area contributed by atoms with Crippen LogP contribution in [0.25, 0.3) is 0 Å². The Morgan fingerprint density at radius 3 is 1.90 bits per heavy atom. The molecule has 1 N–H and O–H groups in total. The maximum atomic E-state index is 5.94. The lowest BCUT2D eigenvalue weighted by atomic mass is 9.98. The van der Waals surface area contributed by atoms with Crippen molar-refractivity contribution < 1.29 is 0 Å². The zero-order valence-corrected chi connectivity index (χ0v) is 13.0. The van der Waals surface area contributed by atoms with Crippen molar-refractivity contribution in [1.82, 2.24) is 5.32 Å². The zero-order valence-electron chi connectivity index (χ0n) is 12.2. The second-order valence-electron chi connectivity index (χ2n) is 5.27. The van der Waals surface area contributed by atoms with Gasteiger partial charge in [-0.15, -0.1) is 0 Å². The van der Waals surface area contributed by atoms with Crippen LogP contribution in [0, 0.1) is 6.92 Å². The molecule has 0 aliphatic carbocycles. The fraction of sp³-hybridized carbons (Fsp3) is 0.333. The fourth-order valence-corrected chi connectivity index (χ4v) is 2.54. The molecule has 20 heavy (non-hydrogen) atoms. The van der Waals surface area contributed by atoms with E-state index in [2.05, 4.69) is 55.6 Å². The van der Waals surface area contributed by atoms with Crippen LogP contribution < -0.4 is 5.32 Å². The highest BCUT2D eigenvalue weighted by Gasteiger charge is 2.09. The van der Waals surface area contributed by atoms with E-state index in [-0.39, 0.29) is 0 Å². The highest BCUT2D eigenvalue weighted by molar-refractivity contribution is 6.30. The zero-order chi connectivity index (χ0) is 14.4. The van der Waals surface area contributed by atoms with E-state index < -0.39 is 0 Å². The summed E-state index contributed by atoms with van der Waals surface area (Å²) >= 11 is 5.94. The van der Waals surface area contributed by atoms with Crippen LogP contribution >= 0.6 is 11.6 Å². The molecule has 0 aromatic heterocycles. The van der Waals surface area contributed by atoms with Crippen LogP contribution in [0.15, 0.2) is 48.5 Å². The molecule has 0 saturated heterocycles. The predicted molar refractivity (Wildman–Crippen MR) is 87.5 cm³/mol. The van der Waals surface area contributed by atoms with Crippen molar-refractivity contribution in [2.24, 2.45) is 0 Å². The molecular weight excluding hydrogens is 266 g/mol. The number of likely N-dealkylation sites (N-methyl/N-ethyl adjacent to an activating group) is 1. The maximum Gasteiger partial charge on any atom is 0.0406 e. The standard InChI is InChI=1S/C18H22ClN/c1-3-20-18(12-15-6-4-14(2)5-7-15)13-16-8-10-17(19)11-9-16/h4-11,18,20H,3,12-13H2,1-2H3. The highest BCUT2D eigenvalue weighted by Crippen LogP contribution is 2.13. The molecule has 1 unspecified atom stereocenters. The normalized spacial score (nSPS) is 12.3. The van der Waals surface area contributed by atoms with E-state index in [1.54, 1.807) is 0 Å². The SMILES string of the molecule is CCNC(Cc1ccc(C)cc1)Cc1ccc(Cl)cc1. The minimum absolute atomic E-state index is 0.462. The summed E-state index contributed by atoms with van der Waals surface area (Å²) in [7, 11) is 0. The molecule has 1 nitrogen and oxygen atoms in total. The Balaban J connectivity index is 2.02. The molecule has 0 radical (unpaired) electrons. The molecule has 0 aliphatic rings. The Labute approximate surface area is 127 Å². The molecule has 2 rings (SSSR count). The van der Waals surface area contributed by atoms with E-state index >= 15 is 0 Å². The van der Waals surface area contributed by atoms with Gasteiger partial charge in [0.05, 0.1) is 0 Å². The number of hydrogen-bond acceptors (Lipinski definition) is 1. The Kier molecular flexibility index (Phi) is 5.63. The lowest BCUT2D eigenvalue weighted by molar-refractivity contribution is 0.521. The van der Waals surface area contributed by atoms with Crippen LogP contribution in [0.3, 0.4) is 0 Å². The maximum absolute atomic E-state index is 5.94. The molecule has 2 aromatic rings. The Morgan fingerprint density at radius 1 is 0.900 bits per heavy atom. The summed E-state index contributed by atoms with van der Waals surface area (Å²) in [6, 6.07) is 17.4. The molecule has 2 heteroatoms. The van der Waals surface area contributed by atoms with Gasteiger partial charge in [-0.05, 0) is 49.6 Å². The first-order chi connectivity index (χ1) is 9.67. The molecule has 0 saturated carbocycles. The van der Waals surface area contributed by atoms with Gasteiger partial charge >= 0.3 is 0 Å². The largest absolute Gasteiger partial charge is 0.314 e. The minimum atomic E-state index is 0.462. The number of benzene rings is 2. The summed E-state index contributed by atoms with van der Waals surface area (Å²) in [6.07, 6.45) is 2.08. The van der Waals surface area contributed by atoms with Crippen LogP contribution in [0.1, 0.15) is 23.6 Å². The Hall–Kier alpha value is -1.31. The quantitative estimate of drug-likeness (QED) is 0.830. The second-order valence-corrected chi connectivity index (χ2v) is 5.71. The first kappa shape index (κ1) is 15.1. The summed E-state index contributed by atoms with van der Waals surface area (Å²) in [5.74, 6) is 0. The Bertz CT molecular complexity index is 469. The number of halogens is 1. The van der Waals surface area contributed by atoms with Crippen molar-refractivity contribution in [1.29, 1.82) is 0 Å². The van der Waals surface area contributed by atoms with Gasteiger partial charge in [-0.2, -0.15) is 0 Å². The molecule has 0 amide bonds. The van der Waals surface area contributed by atoms with Gasteiger partial charge in [-0.3, -0.25) is 0 Å². The summed E-state index contributed by atoms with van der Waals surface area (Å²) in [4.78, 5) is 0. The number of hydrogen-bond donors (Lipinski definition) is 1. The lowest BCUT2D eigenvalue weighted by Gasteiger charge is -2.18. The summed E-state index contributed by atoms with van der Waals surface area (Å²) in [5, 5.41) is 4.37. The second kappa shape index (κ2) is 7.47. The minimum Gasteiger partial charge on any atom is -0.314 e. The summed E-state index contributed by atoms with van der Waals surface area (Å²) in [5.41, 5.74) is 4.02. The molecule has 2 aromatic carbocycles. The molecule has 1 atom stereocenters. The third-order valence-corrected chi connectivity index (χ3v) is 3.74. The molecule has 0 spiro atoms. The topological polar surface area (TPSA) is 12.0 Å². The lowest BCUT2D eigenvalue weighted by Crippen LogP contribution is -2.33. The van der Waals surface area contributed by atoms with Crippen molar-refractivity contribution in [3.8, 4) is 0 Å². The molecule has 0 bridgehead atoms. The fourth-order valence-electron chi connectivity index (χ4n) is 2.42. The van der Waals surface area contributed by atoms with Gasteiger partial charge in [-0.1, -0.05) is 60.5 Å². The van der Waals surface area contributed by atoms with Crippen molar-refractivity contribution in [2.45, 2.75) is 32.7 Å². The van der Waals surface area contributed by atoms with Gasteiger partial charge in [0.25, 0.3) is 0 Å². The number of aryl methyl sites for hydroxylation is 1. The average molecular weight is 288 g/mol. The van der Waals surface area contributed by atoms with Crippen LogP contribution in [-0.4, -0.2) is 12.6 Å². The molecule has 0 aliphatic heterocycles. The van der Waals surface area contributed by atoms with Crippen LogP contribution in [0.2, 0.25) is 5.02 Å². The van der Waals surface area contributed by atoms with E-state index in [1.807, 2.05) is 12.1 Å². The molecule has 0 heterocycles. The van der Waals surface area contributed by atoms with Crippen LogP contribution in [0.5, 0.6) is 0 Å². The van der Waals surface area contributed by atoms with E-state index in [1.165, 1.54) is 16.7 Å². The van der Waals surface area contributed by atoms with E-state index in [9.17, 15) is 0 Å².